The van der Waals surface area contributed by atoms with Crippen LogP contribution in [0.3, 0.4) is 0 Å². The van der Waals surface area contributed by atoms with Crippen LogP contribution in [0.15, 0.2) is 23.2 Å². The van der Waals surface area contributed by atoms with Crippen LogP contribution in [0.1, 0.15) is 34.9 Å². The summed E-state index contributed by atoms with van der Waals surface area (Å²) in [5.74, 6) is 1.30. The van der Waals surface area contributed by atoms with E-state index in [-0.39, 0.29) is 18.0 Å². The number of nitrogens with zero attached hydrogens (tertiary/aromatic N) is 2. The van der Waals surface area contributed by atoms with Crippen LogP contribution in [0, 0.1) is 32.1 Å². The smallest absolute Gasteiger partial charge is 0.233 e. The molecule has 0 aliphatic carbocycles. The van der Waals surface area contributed by atoms with Crippen LogP contribution in [0.25, 0.3) is 0 Å². The van der Waals surface area contributed by atoms with E-state index in [9.17, 15) is 10.1 Å². The number of benzene rings is 1. The van der Waals surface area contributed by atoms with Gasteiger partial charge in [0.25, 0.3) is 0 Å². The molecule has 0 saturated heterocycles. The number of aryl methyl sites for hydroxylation is 1. The van der Waals surface area contributed by atoms with Crippen molar-refractivity contribution in [2.24, 2.45) is 0 Å². The molecule has 0 radical (unpaired) electrons. The van der Waals surface area contributed by atoms with E-state index in [0.29, 0.717) is 28.6 Å². The molecular formula is C20H21N3O3S. The van der Waals surface area contributed by atoms with E-state index < -0.39 is 0 Å². The van der Waals surface area contributed by atoms with Crippen LogP contribution in [-0.4, -0.2) is 22.9 Å². The molecule has 6 nitrogen and oxygen atoms in total. The highest BCUT2D eigenvalue weighted by atomic mass is 32.2. The van der Waals surface area contributed by atoms with Gasteiger partial charge in [-0.25, -0.2) is 4.98 Å². The number of hydrogen-bond donors (Lipinski definition) is 1. The molecule has 0 spiro atoms. The maximum Gasteiger partial charge on any atom is 0.233 e. The van der Waals surface area contributed by atoms with Gasteiger partial charge in [0.1, 0.15) is 11.1 Å². The molecule has 1 amide bonds. The maximum atomic E-state index is 12.5. The first-order valence-electron chi connectivity index (χ1n) is 8.61. The Hall–Kier alpha value is -2.72. The molecule has 1 N–H and O–H groups in total. The number of ether oxygens (including phenoxy) is 2. The number of thioether (sulfide) groups is 1. The molecule has 1 aliphatic rings. The molecule has 3 rings (SSSR count). The topological polar surface area (TPSA) is 84.2 Å². The predicted molar refractivity (Wildman–Crippen MR) is 103 cm³/mol. The van der Waals surface area contributed by atoms with Crippen molar-refractivity contribution in [3.05, 3.63) is 46.1 Å². The molecule has 0 bridgehead atoms. The number of pyridine rings is 1. The fourth-order valence-corrected chi connectivity index (χ4v) is 3.76. The molecule has 1 atom stereocenters. The minimum atomic E-state index is -0.375. The van der Waals surface area contributed by atoms with Crippen LogP contribution in [-0.2, 0) is 11.3 Å². The largest absolute Gasteiger partial charge is 0.454 e. The summed E-state index contributed by atoms with van der Waals surface area (Å²) in [7, 11) is 0. The summed E-state index contributed by atoms with van der Waals surface area (Å²) >= 11 is 1.30. The van der Waals surface area contributed by atoms with Crippen molar-refractivity contribution in [1.29, 1.82) is 5.26 Å². The Bertz CT molecular complexity index is 937. The van der Waals surface area contributed by atoms with Gasteiger partial charge in [-0.2, -0.15) is 5.26 Å². The number of aromatic nitrogens is 1. The summed E-state index contributed by atoms with van der Waals surface area (Å²) in [6.07, 6.45) is 0. The summed E-state index contributed by atoms with van der Waals surface area (Å²) in [6.45, 7) is 8.21. The van der Waals surface area contributed by atoms with Gasteiger partial charge in [-0.3, -0.25) is 4.79 Å². The molecular weight excluding hydrogens is 362 g/mol. The Balaban J connectivity index is 1.65. The van der Waals surface area contributed by atoms with Gasteiger partial charge in [0, 0.05) is 12.2 Å². The minimum Gasteiger partial charge on any atom is -0.454 e. The molecule has 1 aromatic heterocycles. The summed E-state index contributed by atoms with van der Waals surface area (Å²) < 4.78 is 10.6. The normalized spacial score (nSPS) is 13.1. The zero-order valence-electron chi connectivity index (χ0n) is 15.8. The van der Waals surface area contributed by atoms with Gasteiger partial charge in [0.05, 0.1) is 10.8 Å². The van der Waals surface area contributed by atoms with Crippen LogP contribution in [0.5, 0.6) is 11.5 Å². The van der Waals surface area contributed by atoms with Crippen molar-refractivity contribution < 1.29 is 14.3 Å². The zero-order valence-corrected chi connectivity index (χ0v) is 16.6. The van der Waals surface area contributed by atoms with Crippen molar-refractivity contribution in [3.8, 4) is 17.6 Å². The highest BCUT2D eigenvalue weighted by Gasteiger charge is 2.20. The van der Waals surface area contributed by atoms with E-state index in [1.165, 1.54) is 11.8 Å². The third-order valence-electron chi connectivity index (χ3n) is 4.64. The second kappa shape index (κ2) is 7.89. The number of carbonyl (C=O) groups is 1. The number of nitriles is 1. The first kappa shape index (κ1) is 19.1. The summed E-state index contributed by atoms with van der Waals surface area (Å²) in [6, 6.07) is 7.81. The molecule has 140 valence electrons. The summed E-state index contributed by atoms with van der Waals surface area (Å²) in [5, 5.41) is 12.6. The van der Waals surface area contributed by atoms with E-state index in [0.717, 1.165) is 22.4 Å². The van der Waals surface area contributed by atoms with Crippen molar-refractivity contribution in [3.63, 3.8) is 0 Å². The summed E-state index contributed by atoms with van der Waals surface area (Å²) in [4.78, 5) is 17.0. The Morgan fingerprint density at radius 2 is 2.04 bits per heavy atom. The molecule has 1 aliphatic heterocycles. The van der Waals surface area contributed by atoms with Gasteiger partial charge in [0.2, 0.25) is 12.7 Å². The average Bonchev–Trinajstić information content (AvgIpc) is 3.12. The molecule has 2 heterocycles. The fourth-order valence-electron chi connectivity index (χ4n) is 2.73. The standard InChI is InChI=1S/C20H21N3O3S/c1-11-12(2)16(8-21)20(23-13(11)3)27-14(4)19(24)22-9-15-5-6-17-18(7-15)26-10-25-17/h5-7,14H,9-10H2,1-4H3,(H,22,24)/t14-/m1/s1. The monoisotopic (exact) mass is 383 g/mol. The number of carbonyl (C=O) groups excluding carboxylic acids is 1. The van der Waals surface area contributed by atoms with E-state index in [1.54, 1.807) is 0 Å². The van der Waals surface area contributed by atoms with Crippen molar-refractivity contribution in [2.75, 3.05) is 6.79 Å². The fraction of sp³-hybridized carbons (Fsp3) is 0.350. The van der Waals surface area contributed by atoms with Gasteiger partial charge in [-0.1, -0.05) is 17.8 Å². The third-order valence-corrected chi connectivity index (χ3v) is 5.72. The first-order valence-corrected chi connectivity index (χ1v) is 9.49. The zero-order chi connectivity index (χ0) is 19.6. The van der Waals surface area contributed by atoms with Gasteiger partial charge >= 0.3 is 0 Å². The Morgan fingerprint density at radius 3 is 2.78 bits per heavy atom. The minimum absolute atomic E-state index is 0.112. The predicted octanol–water partition coefficient (Wildman–Crippen LogP) is 3.40. The van der Waals surface area contributed by atoms with E-state index in [2.05, 4.69) is 16.4 Å². The third kappa shape index (κ3) is 4.01. The second-order valence-corrected chi connectivity index (χ2v) is 7.73. The molecule has 2 aromatic rings. The highest BCUT2D eigenvalue weighted by Crippen LogP contribution is 2.32. The summed E-state index contributed by atoms with van der Waals surface area (Å²) in [5.41, 5.74) is 4.28. The number of fused-ring (bicyclic) bond motifs is 1. The molecule has 27 heavy (non-hydrogen) atoms. The van der Waals surface area contributed by atoms with Gasteiger partial charge in [-0.05, 0) is 56.5 Å². The molecule has 0 fully saturated rings. The van der Waals surface area contributed by atoms with Gasteiger partial charge in [-0.15, -0.1) is 0 Å². The average molecular weight is 383 g/mol. The molecule has 7 heteroatoms. The molecule has 0 saturated carbocycles. The highest BCUT2D eigenvalue weighted by molar-refractivity contribution is 8.00. The quantitative estimate of drug-likeness (QED) is 0.797. The van der Waals surface area contributed by atoms with Crippen LogP contribution in [0.4, 0.5) is 0 Å². The maximum absolute atomic E-state index is 12.5. The van der Waals surface area contributed by atoms with E-state index >= 15 is 0 Å². The van der Waals surface area contributed by atoms with Crippen molar-refractivity contribution in [2.45, 2.75) is 44.5 Å². The Kier molecular flexibility index (Phi) is 5.57. The van der Waals surface area contributed by atoms with Gasteiger partial charge in [0.15, 0.2) is 11.5 Å². The van der Waals surface area contributed by atoms with Crippen LogP contribution < -0.4 is 14.8 Å². The lowest BCUT2D eigenvalue weighted by Crippen LogP contribution is -2.30. The van der Waals surface area contributed by atoms with E-state index in [1.807, 2.05) is 45.9 Å². The van der Waals surface area contributed by atoms with Crippen molar-refractivity contribution >= 4 is 17.7 Å². The van der Waals surface area contributed by atoms with E-state index in [4.69, 9.17) is 9.47 Å². The van der Waals surface area contributed by atoms with Crippen LogP contribution in [0.2, 0.25) is 0 Å². The van der Waals surface area contributed by atoms with Gasteiger partial charge < -0.3 is 14.8 Å². The van der Waals surface area contributed by atoms with Crippen LogP contribution >= 0.6 is 11.8 Å². The number of hydrogen-bond acceptors (Lipinski definition) is 6. The number of amides is 1. The Labute approximate surface area is 162 Å². The first-order chi connectivity index (χ1) is 12.9. The lowest BCUT2D eigenvalue weighted by Gasteiger charge is -2.15. The van der Waals surface area contributed by atoms with Crippen molar-refractivity contribution in [1.82, 2.24) is 10.3 Å². The molecule has 0 unspecified atom stereocenters. The number of rotatable bonds is 5. The Morgan fingerprint density at radius 1 is 1.30 bits per heavy atom. The second-order valence-electron chi connectivity index (χ2n) is 6.40. The lowest BCUT2D eigenvalue weighted by atomic mass is 10.1. The molecule has 1 aromatic carbocycles. The number of nitrogens with one attached hydrogen (secondary N) is 1. The SMILES string of the molecule is Cc1nc(S[C@H](C)C(=O)NCc2ccc3c(c2)OCO3)c(C#N)c(C)c1C. The lowest BCUT2D eigenvalue weighted by molar-refractivity contribution is -0.120.